The molecule has 0 spiro atoms. The first-order valence-corrected chi connectivity index (χ1v) is 7.04. The molecule has 0 aliphatic carbocycles. The van der Waals surface area contributed by atoms with Crippen LogP contribution in [-0.2, 0) is 11.2 Å². The molecule has 19 heavy (non-hydrogen) atoms. The van der Waals surface area contributed by atoms with Crippen molar-refractivity contribution in [2.24, 2.45) is 0 Å². The monoisotopic (exact) mass is 261 g/mol. The van der Waals surface area contributed by atoms with Gasteiger partial charge in [0.15, 0.2) is 5.78 Å². The largest absolute Gasteiger partial charge is 0.496 e. The lowest BCUT2D eigenvalue weighted by atomic mass is 9.96. The molecule has 1 heterocycles. The van der Waals surface area contributed by atoms with E-state index in [9.17, 15) is 4.79 Å². The molecule has 0 amide bonds. The van der Waals surface area contributed by atoms with E-state index in [1.807, 2.05) is 6.07 Å². The normalized spacial score (nSPS) is 18.8. The Kier molecular flexibility index (Phi) is 4.59. The number of carbonyl (C=O) groups excluding carboxylic acids is 1. The summed E-state index contributed by atoms with van der Waals surface area (Å²) in [7, 11) is 1.66. The van der Waals surface area contributed by atoms with Crippen molar-refractivity contribution in [2.75, 3.05) is 13.7 Å². The molecular weight excluding hydrogens is 238 g/mol. The van der Waals surface area contributed by atoms with Crippen LogP contribution in [0, 0.1) is 0 Å². The third-order valence-electron chi connectivity index (χ3n) is 3.78. The molecule has 1 aromatic carbocycles. The summed E-state index contributed by atoms with van der Waals surface area (Å²) in [5, 5.41) is 3.26. The van der Waals surface area contributed by atoms with Crippen LogP contribution in [0.2, 0.25) is 0 Å². The van der Waals surface area contributed by atoms with Crippen molar-refractivity contribution >= 4 is 5.78 Å². The minimum absolute atomic E-state index is 0.0346. The quantitative estimate of drug-likeness (QED) is 0.885. The van der Waals surface area contributed by atoms with Crippen molar-refractivity contribution in [1.29, 1.82) is 0 Å². The number of hydrogen-bond donors (Lipinski definition) is 1. The van der Waals surface area contributed by atoms with Crippen molar-refractivity contribution < 1.29 is 9.53 Å². The Bertz CT molecular complexity index is 448. The number of benzene rings is 1. The van der Waals surface area contributed by atoms with Crippen LogP contribution in [0.25, 0.3) is 0 Å². The molecule has 0 aromatic heterocycles. The Hall–Kier alpha value is -1.35. The molecule has 1 N–H and O–H groups in total. The van der Waals surface area contributed by atoms with Gasteiger partial charge in [0.1, 0.15) is 5.75 Å². The van der Waals surface area contributed by atoms with Crippen molar-refractivity contribution in [3.63, 3.8) is 0 Å². The summed E-state index contributed by atoms with van der Waals surface area (Å²) < 4.78 is 5.37. The molecule has 1 aliphatic heterocycles. The number of ether oxygens (including phenoxy) is 1. The number of methoxy groups -OCH3 is 1. The minimum Gasteiger partial charge on any atom is -0.496 e. The van der Waals surface area contributed by atoms with Gasteiger partial charge in [-0.3, -0.25) is 4.79 Å². The van der Waals surface area contributed by atoms with E-state index in [1.54, 1.807) is 7.11 Å². The third kappa shape index (κ3) is 3.35. The molecule has 1 atom stereocenters. The molecule has 1 fully saturated rings. The van der Waals surface area contributed by atoms with Crippen molar-refractivity contribution in [1.82, 2.24) is 5.32 Å². The third-order valence-corrected chi connectivity index (χ3v) is 3.78. The topological polar surface area (TPSA) is 38.3 Å². The maximum atomic E-state index is 12.2. The first-order valence-electron chi connectivity index (χ1n) is 7.04. The van der Waals surface area contributed by atoms with Crippen LogP contribution in [-0.4, -0.2) is 25.5 Å². The molecule has 104 valence electrons. The lowest BCUT2D eigenvalue weighted by molar-refractivity contribution is -0.120. The summed E-state index contributed by atoms with van der Waals surface area (Å²) in [6.07, 6.45) is 2.52. The highest BCUT2D eigenvalue weighted by atomic mass is 16.5. The van der Waals surface area contributed by atoms with E-state index in [2.05, 4.69) is 31.3 Å². The summed E-state index contributed by atoms with van der Waals surface area (Å²) in [4.78, 5) is 12.2. The molecule has 1 aliphatic rings. The summed E-state index contributed by atoms with van der Waals surface area (Å²) in [5.74, 6) is 1.55. The maximum Gasteiger partial charge on any atom is 0.154 e. The summed E-state index contributed by atoms with van der Waals surface area (Å²) in [6.45, 7) is 5.28. The number of rotatable bonds is 5. The van der Waals surface area contributed by atoms with E-state index < -0.39 is 0 Å². The molecule has 2 rings (SSSR count). The molecule has 1 aromatic rings. The highest BCUT2D eigenvalue weighted by Gasteiger charge is 2.23. The zero-order valence-electron chi connectivity index (χ0n) is 12.0. The van der Waals surface area contributed by atoms with E-state index in [-0.39, 0.29) is 11.8 Å². The highest BCUT2D eigenvalue weighted by Crippen LogP contribution is 2.25. The second-order valence-corrected chi connectivity index (χ2v) is 5.52. The predicted octanol–water partition coefficient (Wildman–Crippen LogP) is 2.68. The van der Waals surface area contributed by atoms with Gasteiger partial charge in [0.05, 0.1) is 13.2 Å². The van der Waals surface area contributed by atoms with Gasteiger partial charge >= 0.3 is 0 Å². The fourth-order valence-electron chi connectivity index (χ4n) is 2.57. The fraction of sp³-hybridized carbons (Fsp3) is 0.562. The summed E-state index contributed by atoms with van der Waals surface area (Å²) >= 11 is 0. The standard InChI is InChI=1S/C16H23NO2/c1-11(2)12-6-7-16(19-3)13(9-12)10-15(18)14-5-4-8-17-14/h6-7,9,11,14,17H,4-5,8,10H2,1-3H3. The molecule has 0 saturated carbocycles. The van der Waals surface area contributed by atoms with Crippen LogP contribution in [0.1, 0.15) is 43.7 Å². The Labute approximate surface area is 115 Å². The predicted molar refractivity (Wildman–Crippen MR) is 76.8 cm³/mol. The Balaban J connectivity index is 2.16. The summed E-state index contributed by atoms with van der Waals surface area (Å²) in [6, 6.07) is 6.19. The number of nitrogens with one attached hydrogen (secondary N) is 1. The zero-order valence-corrected chi connectivity index (χ0v) is 12.0. The minimum atomic E-state index is 0.0346. The Morgan fingerprint density at radius 1 is 1.47 bits per heavy atom. The molecule has 3 heteroatoms. The number of carbonyl (C=O) groups is 1. The van der Waals surface area contributed by atoms with E-state index in [0.29, 0.717) is 12.3 Å². The first-order chi connectivity index (χ1) is 9.11. The van der Waals surface area contributed by atoms with Gasteiger partial charge < -0.3 is 10.1 Å². The van der Waals surface area contributed by atoms with Gasteiger partial charge in [-0.1, -0.05) is 26.0 Å². The van der Waals surface area contributed by atoms with E-state index in [0.717, 1.165) is 30.7 Å². The molecule has 1 unspecified atom stereocenters. The highest BCUT2D eigenvalue weighted by molar-refractivity contribution is 5.86. The van der Waals surface area contributed by atoms with Crippen LogP contribution in [0.5, 0.6) is 5.75 Å². The lowest BCUT2D eigenvalue weighted by Crippen LogP contribution is -2.32. The smallest absolute Gasteiger partial charge is 0.154 e. The molecule has 1 saturated heterocycles. The lowest BCUT2D eigenvalue weighted by Gasteiger charge is -2.14. The van der Waals surface area contributed by atoms with Gasteiger partial charge in [-0.2, -0.15) is 0 Å². The summed E-state index contributed by atoms with van der Waals surface area (Å²) in [5.41, 5.74) is 2.26. The Morgan fingerprint density at radius 3 is 2.84 bits per heavy atom. The van der Waals surface area contributed by atoms with Gasteiger partial charge in [0, 0.05) is 12.0 Å². The first kappa shape index (κ1) is 14.1. The average Bonchev–Trinajstić information content (AvgIpc) is 2.92. The fourth-order valence-corrected chi connectivity index (χ4v) is 2.57. The van der Waals surface area contributed by atoms with Crippen molar-refractivity contribution in [3.05, 3.63) is 29.3 Å². The SMILES string of the molecule is COc1ccc(C(C)C)cc1CC(=O)C1CCCN1. The van der Waals surface area contributed by atoms with Crippen LogP contribution < -0.4 is 10.1 Å². The van der Waals surface area contributed by atoms with Crippen LogP contribution >= 0.6 is 0 Å². The zero-order chi connectivity index (χ0) is 13.8. The Morgan fingerprint density at radius 2 is 2.26 bits per heavy atom. The van der Waals surface area contributed by atoms with Gasteiger partial charge in [0.25, 0.3) is 0 Å². The van der Waals surface area contributed by atoms with Crippen LogP contribution in [0.15, 0.2) is 18.2 Å². The molecule has 0 radical (unpaired) electrons. The number of hydrogen-bond acceptors (Lipinski definition) is 3. The van der Waals surface area contributed by atoms with Crippen molar-refractivity contribution in [2.45, 2.75) is 45.1 Å². The van der Waals surface area contributed by atoms with E-state index in [4.69, 9.17) is 4.74 Å². The van der Waals surface area contributed by atoms with Gasteiger partial charge in [-0.05, 0) is 36.9 Å². The van der Waals surface area contributed by atoms with Crippen molar-refractivity contribution in [3.8, 4) is 5.75 Å². The maximum absolute atomic E-state index is 12.2. The molecule has 0 bridgehead atoms. The average molecular weight is 261 g/mol. The van der Waals surface area contributed by atoms with Crippen LogP contribution in [0.4, 0.5) is 0 Å². The molecule has 3 nitrogen and oxygen atoms in total. The number of Topliss-reactive ketones (excluding diaryl/α,β-unsaturated/α-hetero) is 1. The van der Waals surface area contributed by atoms with Gasteiger partial charge in [-0.15, -0.1) is 0 Å². The second-order valence-electron chi connectivity index (χ2n) is 5.52. The second kappa shape index (κ2) is 6.20. The van der Waals surface area contributed by atoms with Crippen LogP contribution in [0.3, 0.4) is 0 Å². The van der Waals surface area contributed by atoms with E-state index in [1.165, 1.54) is 5.56 Å². The van der Waals surface area contributed by atoms with Gasteiger partial charge in [0.2, 0.25) is 0 Å². The number of ketones is 1. The van der Waals surface area contributed by atoms with Gasteiger partial charge in [-0.25, -0.2) is 0 Å². The molecular formula is C16H23NO2. The van der Waals surface area contributed by atoms with E-state index >= 15 is 0 Å².